The molecule has 266 valence electrons. The Balaban J connectivity index is 0.000000362. The molecular weight excluding hydrogens is 608 g/mol. The second-order valence-corrected chi connectivity index (χ2v) is 11.9. The second-order valence-electron chi connectivity index (χ2n) is 11.9. The fraction of sp³-hybridized carbons (Fsp3) is 0.611. The van der Waals surface area contributed by atoms with Gasteiger partial charge in [0.25, 0.3) is 0 Å². The van der Waals surface area contributed by atoms with Crippen LogP contribution in [0, 0.1) is 6.92 Å². The molecular formula is C36H58N8O4. The number of carbonyl (C=O) groups is 4. The monoisotopic (exact) mass is 666 g/mol. The van der Waals surface area contributed by atoms with Gasteiger partial charge in [0, 0.05) is 60.2 Å². The van der Waals surface area contributed by atoms with Gasteiger partial charge in [0.15, 0.2) is 0 Å². The van der Waals surface area contributed by atoms with Crippen molar-refractivity contribution in [1.29, 1.82) is 0 Å². The molecule has 0 bridgehead atoms. The van der Waals surface area contributed by atoms with E-state index in [0.717, 1.165) is 50.9 Å². The van der Waals surface area contributed by atoms with E-state index in [1.165, 1.54) is 42.1 Å². The number of azide groups is 1. The van der Waals surface area contributed by atoms with Crippen molar-refractivity contribution < 1.29 is 19.2 Å². The Morgan fingerprint density at radius 3 is 2.27 bits per heavy atom. The number of amides is 3. The van der Waals surface area contributed by atoms with Gasteiger partial charge >= 0.3 is 0 Å². The molecule has 2 saturated heterocycles. The summed E-state index contributed by atoms with van der Waals surface area (Å²) in [5, 5.41) is 12.6. The van der Waals surface area contributed by atoms with E-state index < -0.39 is 0 Å². The molecule has 0 aliphatic carbocycles. The molecule has 0 radical (unpaired) electrons. The third-order valence-corrected chi connectivity index (χ3v) is 8.02. The lowest BCUT2D eigenvalue weighted by atomic mass is 10.0. The number of Topliss-reactive ketones (excluding diaryl/α,β-unsaturated/α-hetero) is 1. The minimum atomic E-state index is -0.366. The first-order valence-electron chi connectivity index (χ1n) is 17.5. The van der Waals surface area contributed by atoms with Crippen LogP contribution < -0.4 is 16.0 Å². The standard InChI is InChI=1S/C13H20N4O3.C11H12N4.C8H16O.C4H10/c1-9-6-14-11(18)7-15-12(19)8-16-13(20)10-4-2-3-5-17(9)10;1-9-8-15(7-6-13-14-12)11-5-3-2-4-10(9)11;1-3-5-6-7-8(9)4-2;1-3-4-2/h10H,1-8H2,(H,14,18)(H,15,19)(H,16,20);2-5,8H,6-7H2,1H3;3-7H2,1-2H3;3-4H2,1-2H3. The maximum Gasteiger partial charge on any atom is 0.243 e. The first-order valence-corrected chi connectivity index (χ1v) is 17.5. The lowest BCUT2D eigenvalue weighted by Gasteiger charge is -2.37. The van der Waals surface area contributed by atoms with Crippen molar-refractivity contribution >= 4 is 34.4 Å². The molecule has 2 aromatic rings. The van der Waals surface area contributed by atoms with E-state index in [9.17, 15) is 19.2 Å². The number of nitrogens with one attached hydrogen (secondary N) is 3. The molecule has 3 N–H and O–H groups in total. The fourth-order valence-corrected chi connectivity index (χ4v) is 5.04. The molecule has 2 fully saturated rings. The van der Waals surface area contributed by atoms with Crippen molar-refractivity contribution in [2.45, 2.75) is 111 Å². The quantitative estimate of drug-likeness (QED) is 0.123. The number of benzene rings is 1. The largest absolute Gasteiger partial charge is 0.362 e. The highest BCUT2D eigenvalue weighted by Crippen LogP contribution is 2.21. The summed E-state index contributed by atoms with van der Waals surface area (Å²) in [6.07, 6.45) is 12.4. The zero-order valence-electron chi connectivity index (χ0n) is 29.9. The van der Waals surface area contributed by atoms with Crippen LogP contribution in [0.3, 0.4) is 0 Å². The maximum atomic E-state index is 12.2. The average Bonchev–Trinajstić information content (AvgIpc) is 3.43. The molecule has 3 amide bonds. The topological polar surface area (TPSA) is 161 Å². The zero-order valence-corrected chi connectivity index (χ0v) is 29.9. The van der Waals surface area contributed by atoms with Crippen LogP contribution in [0.1, 0.15) is 97.5 Å². The smallest absolute Gasteiger partial charge is 0.243 e. The lowest BCUT2D eigenvalue weighted by Crippen LogP contribution is -2.53. The molecule has 1 atom stereocenters. The van der Waals surface area contributed by atoms with E-state index in [0.29, 0.717) is 25.3 Å². The van der Waals surface area contributed by atoms with Crippen LogP contribution in [-0.2, 0) is 25.7 Å². The predicted octanol–water partition coefficient (Wildman–Crippen LogP) is 6.33. The normalized spacial score (nSPS) is 16.3. The summed E-state index contributed by atoms with van der Waals surface area (Å²) < 4.78 is 2.12. The van der Waals surface area contributed by atoms with Gasteiger partial charge in [0.2, 0.25) is 17.7 Å². The molecule has 1 aromatic carbocycles. The summed E-state index contributed by atoms with van der Waals surface area (Å²) in [7, 11) is 0. The van der Waals surface area contributed by atoms with Gasteiger partial charge in [-0.25, -0.2) is 0 Å². The van der Waals surface area contributed by atoms with Crippen LogP contribution in [0.5, 0.6) is 0 Å². The van der Waals surface area contributed by atoms with Crippen LogP contribution in [0.4, 0.5) is 0 Å². The third kappa shape index (κ3) is 16.0. The molecule has 1 unspecified atom stereocenters. The molecule has 0 saturated carbocycles. The summed E-state index contributed by atoms with van der Waals surface area (Å²) >= 11 is 0. The highest BCUT2D eigenvalue weighted by molar-refractivity contribution is 5.90. The second kappa shape index (κ2) is 24.8. The number of ketones is 1. The van der Waals surface area contributed by atoms with E-state index in [1.54, 1.807) is 0 Å². The summed E-state index contributed by atoms with van der Waals surface area (Å²) in [5.74, 6) is -0.383. The molecule has 48 heavy (non-hydrogen) atoms. The maximum absolute atomic E-state index is 12.2. The Kier molecular flexibility index (Phi) is 21.6. The Hall–Kier alpha value is -4.31. The minimum absolute atomic E-state index is 0.0919. The van der Waals surface area contributed by atoms with E-state index >= 15 is 0 Å². The number of aromatic nitrogens is 1. The molecule has 2 aliphatic heterocycles. The first-order chi connectivity index (χ1) is 23.1. The lowest BCUT2D eigenvalue weighted by molar-refractivity contribution is -0.130. The summed E-state index contributed by atoms with van der Waals surface area (Å²) in [4.78, 5) is 50.5. The van der Waals surface area contributed by atoms with Crippen LogP contribution in [-0.4, -0.2) is 71.7 Å². The van der Waals surface area contributed by atoms with Crippen molar-refractivity contribution in [1.82, 2.24) is 25.4 Å². The van der Waals surface area contributed by atoms with E-state index in [2.05, 4.69) is 83.1 Å². The number of carbonyl (C=O) groups excluding carboxylic acids is 4. The minimum Gasteiger partial charge on any atom is -0.362 e. The van der Waals surface area contributed by atoms with Crippen LogP contribution in [0.15, 0.2) is 47.9 Å². The predicted molar refractivity (Wildman–Crippen MR) is 193 cm³/mol. The van der Waals surface area contributed by atoms with Gasteiger partial charge in [-0.2, -0.15) is 0 Å². The third-order valence-electron chi connectivity index (χ3n) is 8.02. The van der Waals surface area contributed by atoms with Gasteiger partial charge in [0.05, 0.1) is 19.6 Å². The molecule has 0 spiro atoms. The number of hydrogen-bond acceptors (Lipinski definition) is 6. The van der Waals surface area contributed by atoms with Crippen LogP contribution in [0.25, 0.3) is 21.3 Å². The molecule has 1 aromatic heterocycles. The SMILES string of the molecule is C=C1CNC(=O)CNC(=O)CNC(=O)C2CCCCN12.CCCC.CCCCCC(=O)CC.Cc1cn(CCN=[N+]=[N-])c2ccccc12. The molecule has 12 heteroatoms. The first kappa shape index (κ1) is 41.7. The summed E-state index contributed by atoms with van der Waals surface area (Å²) in [6.45, 7) is 16.5. The van der Waals surface area contributed by atoms with Crippen LogP contribution >= 0.6 is 0 Å². The van der Waals surface area contributed by atoms with Crippen LogP contribution in [0.2, 0.25) is 0 Å². The number of para-hydroxylation sites is 1. The fourth-order valence-electron chi connectivity index (χ4n) is 5.04. The number of piperidine rings is 1. The van der Waals surface area contributed by atoms with Crippen molar-refractivity contribution in [3.63, 3.8) is 0 Å². The van der Waals surface area contributed by atoms with Gasteiger partial charge in [-0.05, 0) is 49.8 Å². The average molecular weight is 667 g/mol. The number of unbranched alkanes of at least 4 members (excludes halogenated alkanes) is 3. The number of rotatable bonds is 9. The molecule has 4 rings (SSSR count). The number of nitrogens with zero attached hydrogens (tertiary/aromatic N) is 5. The van der Waals surface area contributed by atoms with E-state index in [4.69, 9.17) is 5.53 Å². The Morgan fingerprint density at radius 2 is 1.62 bits per heavy atom. The van der Waals surface area contributed by atoms with Gasteiger partial charge in [-0.15, -0.1) is 0 Å². The van der Waals surface area contributed by atoms with Gasteiger partial charge in [-0.1, -0.05) is 83.3 Å². The van der Waals surface area contributed by atoms with Gasteiger partial charge in [0.1, 0.15) is 11.8 Å². The Labute approximate surface area is 286 Å². The van der Waals surface area contributed by atoms with E-state index in [-0.39, 0.29) is 36.9 Å². The van der Waals surface area contributed by atoms with Crippen molar-refractivity contribution in [2.24, 2.45) is 5.11 Å². The highest BCUT2D eigenvalue weighted by Gasteiger charge is 2.30. The summed E-state index contributed by atoms with van der Waals surface area (Å²) in [5.41, 5.74) is 11.4. The summed E-state index contributed by atoms with van der Waals surface area (Å²) in [6, 6.07) is 7.94. The van der Waals surface area contributed by atoms with Gasteiger partial charge < -0.3 is 25.4 Å². The molecule has 3 heterocycles. The molecule has 12 nitrogen and oxygen atoms in total. The number of fused-ring (bicyclic) bond motifs is 2. The van der Waals surface area contributed by atoms with E-state index in [1.807, 2.05) is 24.0 Å². The Morgan fingerprint density at radius 1 is 0.958 bits per heavy atom. The van der Waals surface area contributed by atoms with Crippen molar-refractivity contribution in [3.05, 3.63) is 58.7 Å². The molecule has 2 aliphatic rings. The number of aryl methyl sites for hydroxylation is 1. The number of hydrogen-bond donors (Lipinski definition) is 3. The highest BCUT2D eigenvalue weighted by atomic mass is 16.2. The zero-order chi connectivity index (χ0) is 35.7. The Bertz CT molecular complexity index is 1310. The van der Waals surface area contributed by atoms with Crippen molar-refractivity contribution in [3.8, 4) is 0 Å². The van der Waals surface area contributed by atoms with Gasteiger partial charge in [-0.3, -0.25) is 19.2 Å². The van der Waals surface area contributed by atoms with Crippen molar-refractivity contribution in [2.75, 3.05) is 32.7 Å².